The molecule has 1 aromatic carbocycles. The Hall–Kier alpha value is -1.24. The third-order valence-electron chi connectivity index (χ3n) is 4.33. The summed E-state index contributed by atoms with van der Waals surface area (Å²) >= 11 is 3.51. The van der Waals surface area contributed by atoms with Crippen molar-refractivity contribution in [3.63, 3.8) is 0 Å². The van der Waals surface area contributed by atoms with Gasteiger partial charge in [-0.25, -0.2) is 9.97 Å². The summed E-state index contributed by atoms with van der Waals surface area (Å²) in [6, 6.07) is 6.85. The van der Waals surface area contributed by atoms with Crippen LogP contribution in [0.15, 0.2) is 29.0 Å². The monoisotopic (exact) mass is 362 g/mol. The second-order valence-corrected chi connectivity index (χ2v) is 6.90. The molecule has 0 bridgehead atoms. The maximum absolute atomic E-state index is 5.89. The Labute approximate surface area is 138 Å². The number of hydrogen-bond donors (Lipinski definition) is 1. The van der Waals surface area contributed by atoms with E-state index in [1.807, 2.05) is 12.1 Å². The number of rotatable bonds is 4. The van der Waals surface area contributed by atoms with Crippen molar-refractivity contribution in [3.8, 4) is 0 Å². The lowest BCUT2D eigenvalue weighted by molar-refractivity contribution is -0.0241. The second kappa shape index (κ2) is 6.10. The molecule has 1 aliphatic carbocycles. The van der Waals surface area contributed by atoms with Gasteiger partial charge in [-0.2, -0.15) is 0 Å². The minimum Gasteiger partial charge on any atom is -0.374 e. The van der Waals surface area contributed by atoms with Gasteiger partial charge in [0.05, 0.1) is 18.2 Å². The Balaban J connectivity index is 1.46. The van der Waals surface area contributed by atoms with Crippen LogP contribution in [-0.2, 0) is 4.74 Å². The van der Waals surface area contributed by atoms with Crippen molar-refractivity contribution >= 4 is 32.7 Å². The maximum Gasteiger partial charge on any atom is 0.137 e. The molecule has 6 heteroatoms. The van der Waals surface area contributed by atoms with Gasteiger partial charge in [0, 0.05) is 35.5 Å². The van der Waals surface area contributed by atoms with Crippen LogP contribution in [0.1, 0.15) is 12.8 Å². The van der Waals surface area contributed by atoms with Crippen LogP contribution in [0, 0.1) is 0 Å². The molecule has 1 aliphatic heterocycles. The van der Waals surface area contributed by atoms with Crippen molar-refractivity contribution in [2.75, 3.05) is 31.6 Å². The quantitative estimate of drug-likeness (QED) is 0.905. The van der Waals surface area contributed by atoms with Crippen molar-refractivity contribution in [1.82, 2.24) is 14.9 Å². The summed E-state index contributed by atoms with van der Waals surface area (Å²) in [4.78, 5) is 11.3. The SMILES string of the molecule is Brc1ccc2ncnc(NCC3CN(C4CC4)CCO3)c2c1. The lowest BCUT2D eigenvalue weighted by atomic mass is 10.2. The first-order valence-electron chi connectivity index (χ1n) is 7.79. The first kappa shape index (κ1) is 14.4. The van der Waals surface area contributed by atoms with Crippen LogP contribution in [0.25, 0.3) is 10.9 Å². The molecular formula is C16H19BrN4O. The van der Waals surface area contributed by atoms with Gasteiger partial charge >= 0.3 is 0 Å². The number of nitrogens with zero attached hydrogens (tertiary/aromatic N) is 3. The van der Waals surface area contributed by atoms with E-state index in [2.05, 4.69) is 42.2 Å². The highest BCUT2D eigenvalue weighted by Crippen LogP contribution is 2.28. The van der Waals surface area contributed by atoms with Gasteiger partial charge in [-0.05, 0) is 31.0 Å². The summed E-state index contributed by atoms with van der Waals surface area (Å²) in [6.45, 7) is 3.70. The van der Waals surface area contributed by atoms with Crippen molar-refractivity contribution in [3.05, 3.63) is 29.0 Å². The molecule has 22 heavy (non-hydrogen) atoms. The lowest BCUT2D eigenvalue weighted by Crippen LogP contribution is -2.46. The summed E-state index contributed by atoms with van der Waals surface area (Å²) in [5.41, 5.74) is 0.949. The normalized spacial score (nSPS) is 22.9. The zero-order chi connectivity index (χ0) is 14.9. The first-order valence-corrected chi connectivity index (χ1v) is 8.59. The number of nitrogens with one attached hydrogen (secondary N) is 1. The fraction of sp³-hybridized carbons (Fsp3) is 0.500. The smallest absolute Gasteiger partial charge is 0.137 e. The second-order valence-electron chi connectivity index (χ2n) is 5.98. The van der Waals surface area contributed by atoms with E-state index in [0.717, 1.165) is 53.5 Å². The van der Waals surface area contributed by atoms with Crippen LogP contribution in [0.3, 0.4) is 0 Å². The van der Waals surface area contributed by atoms with E-state index in [0.29, 0.717) is 0 Å². The van der Waals surface area contributed by atoms with Gasteiger partial charge in [0.15, 0.2) is 0 Å². The molecule has 2 aliphatic rings. The standard InChI is InChI=1S/C16H19BrN4O/c17-11-1-4-15-14(7-11)16(20-10-19-15)18-8-13-9-21(5-6-22-13)12-2-3-12/h1,4,7,10,12-13H,2-3,5-6,8-9H2,(H,18,19,20). The fourth-order valence-electron chi connectivity index (χ4n) is 3.02. The number of hydrogen-bond acceptors (Lipinski definition) is 5. The highest BCUT2D eigenvalue weighted by atomic mass is 79.9. The molecule has 1 aromatic heterocycles. The predicted molar refractivity (Wildman–Crippen MR) is 90.1 cm³/mol. The predicted octanol–water partition coefficient (Wildman–Crippen LogP) is 2.67. The van der Waals surface area contributed by atoms with E-state index in [4.69, 9.17) is 4.74 Å². The number of fused-ring (bicyclic) bond motifs is 1. The zero-order valence-electron chi connectivity index (χ0n) is 12.3. The summed E-state index contributed by atoms with van der Waals surface area (Å²) in [5.74, 6) is 0.874. The van der Waals surface area contributed by atoms with Crippen molar-refractivity contribution in [2.24, 2.45) is 0 Å². The van der Waals surface area contributed by atoms with E-state index in [1.165, 1.54) is 12.8 Å². The average Bonchev–Trinajstić information content (AvgIpc) is 3.38. The van der Waals surface area contributed by atoms with Crippen LogP contribution >= 0.6 is 15.9 Å². The molecule has 5 nitrogen and oxygen atoms in total. The van der Waals surface area contributed by atoms with Gasteiger partial charge in [-0.3, -0.25) is 4.90 Å². The number of anilines is 1. The molecule has 1 saturated carbocycles. The highest BCUT2D eigenvalue weighted by molar-refractivity contribution is 9.10. The molecule has 1 atom stereocenters. The van der Waals surface area contributed by atoms with Gasteiger partial charge in [-0.1, -0.05) is 15.9 Å². The van der Waals surface area contributed by atoms with E-state index < -0.39 is 0 Å². The first-order chi connectivity index (χ1) is 10.8. The van der Waals surface area contributed by atoms with Crippen LogP contribution < -0.4 is 5.32 Å². The Bertz CT molecular complexity index is 676. The Morgan fingerprint density at radius 2 is 2.23 bits per heavy atom. The molecule has 4 rings (SSSR count). The van der Waals surface area contributed by atoms with Gasteiger partial charge in [0.25, 0.3) is 0 Å². The summed E-state index contributed by atoms with van der Waals surface area (Å²) < 4.78 is 6.92. The molecular weight excluding hydrogens is 344 g/mol. The Morgan fingerprint density at radius 1 is 1.32 bits per heavy atom. The molecule has 1 N–H and O–H groups in total. The van der Waals surface area contributed by atoms with Crippen molar-refractivity contribution in [2.45, 2.75) is 25.0 Å². The van der Waals surface area contributed by atoms with E-state index in [9.17, 15) is 0 Å². The molecule has 0 amide bonds. The molecule has 116 valence electrons. The highest BCUT2D eigenvalue weighted by Gasteiger charge is 2.32. The van der Waals surface area contributed by atoms with Gasteiger partial charge in [0.2, 0.25) is 0 Å². The van der Waals surface area contributed by atoms with E-state index >= 15 is 0 Å². The Kier molecular flexibility index (Phi) is 3.98. The van der Waals surface area contributed by atoms with Crippen molar-refractivity contribution in [1.29, 1.82) is 0 Å². The van der Waals surface area contributed by atoms with E-state index in [-0.39, 0.29) is 6.10 Å². The largest absolute Gasteiger partial charge is 0.374 e. The number of halogens is 1. The number of aromatic nitrogens is 2. The lowest BCUT2D eigenvalue weighted by Gasteiger charge is -2.33. The molecule has 2 fully saturated rings. The molecule has 1 unspecified atom stereocenters. The fourth-order valence-corrected chi connectivity index (χ4v) is 3.38. The van der Waals surface area contributed by atoms with Crippen LogP contribution in [0.4, 0.5) is 5.82 Å². The number of morpholine rings is 1. The molecule has 2 heterocycles. The van der Waals surface area contributed by atoms with Crippen LogP contribution in [0.5, 0.6) is 0 Å². The van der Waals surface area contributed by atoms with E-state index in [1.54, 1.807) is 6.33 Å². The van der Waals surface area contributed by atoms with Gasteiger partial charge in [0.1, 0.15) is 12.1 Å². The molecule has 1 saturated heterocycles. The van der Waals surface area contributed by atoms with Gasteiger partial charge in [-0.15, -0.1) is 0 Å². The number of ether oxygens (including phenoxy) is 1. The minimum atomic E-state index is 0.228. The Morgan fingerprint density at radius 3 is 3.09 bits per heavy atom. The maximum atomic E-state index is 5.89. The summed E-state index contributed by atoms with van der Waals surface area (Å²) in [6.07, 6.45) is 4.54. The van der Waals surface area contributed by atoms with Crippen LogP contribution in [0.2, 0.25) is 0 Å². The molecule has 0 radical (unpaired) electrons. The topological polar surface area (TPSA) is 50.3 Å². The number of benzene rings is 1. The van der Waals surface area contributed by atoms with Crippen LogP contribution in [-0.4, -0.2) is 53.3 Å². The molecule has 2 aromatic rings. The zero-order valence-corrected chi connectivity index (χ0v) is 13.9. The third-order valence-corrected chi connectivity index (χ3v) is 4.82. The molecule has 0 spiro atoms. The van der Waals surface area contributed by atoms with Gasteiger partial charge < -0.3 is 10.1 Å². The average molecular weight is 363 g/mol. The minimum absolute atomic E-state index is 0.228. The summed E-state index contributed by atoms with van der Waals surface area (Å²) in [7, 11) is 0. The third kappa shape index (κ3) is 3.09. The van der Waals surface area contributed by atoms with Crippen molar-refractivity contribution < 1.29 is 4.74 Å². The summed E-state index contributed by atoms with van der Waals surface area (Å²) in [5, 5.41) is 4.47.